The SMILES string of the molecule is CC1=NC2=C=C=CC[C@H]2CC1. The van der Waals surface area contributed by atoms with Crippen molar-refractivity contribution in [3.05, 3.63) is 23.2 Å². The van der Waals surface area contributed by atoms with Gasteiger partial charge in [0.1, 0.15) is 0 Å². The first kappa shape index (κ1) is 6.67. The Morgan fingerprint density at radius 1 is 1.64 bits per heavy atom. The molecule has 0 fully saturated rings. The first-order chi connectivity index (χ1) is 5.36. The molecule has 11 heavy (non-hydrogen) atoms. The molecular weight excluding hydrogens is 134 g/mol. The van der Waals surface area contributed by atoms with Crippen molar-refractivity contribution in [3.8, 4) is 0 Å². The second kappa shape index (κ2) is 2.54. The molecule has 0 unspecified atom stereocenters. The molecule has 2 aliphatic rings. The maximum atomic E-state index is 4.44. The van der Waals surface area contributed by atoms with Gasteiger partial charge in [0.25, 0.3) is 0 Å². The van der Waals surface area contributed by atoms with Crippen molar-refractivity contribution < 1.29 is 0 Å². The Morgan fingerprint density at radius 3 is 3.45 bits per heavy atom. The Balaban J connectivity index is 2.43. The molecule has 1 heterocycles. The average molecular weight is 145 g/mol. The maximum Gasteiger partial charge on any atom is 0.0935 e. The highest BCUT2D eigenvalue weighted by molar-refractivity contribution is 5.83. The van der Waals surface area contributed by atoms with Crippen molar-refractivity contribution in [1.29, 1.82) is 0 Å². The van der Waals surface area contributed by atoms with E-state index in [4.69, 9.17) is 0 Å². The third-order valence-corrected chi connectivity index (χ3v) is 2.26. The van der Waals surface area contributed by atoms with Crippen LogP contribution in [0.25, 0.3) is 0 Å². The zero-order valence-corrected chi connectivity index (χ0v) is 6.72. The molecule has 1 nitrogen and oxygen atoms in total. The lowest BCUT2D eigenvalue weighted by molar-refractivity contribution is 0.557. The van der Waals surface area contributed by atoms with E-state index in [1.165, 1.54) is 12.1 Å². The summed E-state index contributed by atoms with van der Waals surface area (Å²) < 4.78 is 0. The van der Waals surface area contributed by atoms with Crippen molar-refractivity contribution in [1.82, 2.24) is 0 Å². The fourth-order valence-corrected chi connectivity index (χ4v) is 1.56. The molecular formula is C10H11N. The average Bonchev–Trinajstić information content (AvgIpc) is 2.04. The first-order valence-corrected chi connectivity index (χ1v) is 4.10. The highest BCUT2D eigenvalue weighted by Gasteiger charge is 2.18. The van der Waals surface area contributed by atoms with Crippen LogP contribution in [0.5, 0.6) is 0 Å². The lowest BCUT2D eigenvalue weighted by Crippen LogP contribution is -2.11. The van der Waals surface area contributed by atoms with Crippen LogP contribution in [0.1, 0.15) is 26.2 Å². The Bertz CT molecular complexity index is 297. The summed E-state index contributed by atoms with van der Waals surface area (Å²) >= 11 is 0. The molecule has 1 aliphatic heterocycles. The van der Waals surface area contributed by atoms with Gasteiger partial charge in [0.15, 0.2) is 0 Å². The summed E-state index contributed by atoms with van der Waals surface area (Å²) in [5.74, 6) is 0.639. The van der Waals surface area contributed by atoms with Gasteiger partial charge in [-0.15, -0.1) is 0 Å². The van der Waals surface area contributed by atoms with Crippen LogP contribution < -0.4 is 0 Å². The highest BCUT2D eigenvalue weighted by atomic mass is 14.8. The van der Waals surface area contributed by atoms with E-state index in [-0.39, 0.29) is 0 Å². The van der Waals surface area contributed by atoms with E-state index in [0.29, 0.717) is 5.92 Å². The quantitative estimate of drug-likeness (QED) is 0.464. The van der Waals surface area contributed by atoms with Gasteiger partial charge in [0.05, 0.1) is 5.70 Å². The van der Waals surface area contributed by atoms with Gasteiger partial charge in [0.2, 0.25) is 0 Å². The minimum atomic E-state index is 0.639. The minimum absolute atomic E-state index is 0.639. The van der Waals surface area contributed by atoms with E-state index < -0.39 is 0 Å². The standard InChI is InChI=1S/C10H11N/c1-8-6-7-9-4-2-3-5-10(9)11-8/h2,9H,4,6-7H2,1H3/t9-/m0/s1. The van der Waals surface area contributed by atoms with E-state index in [0.717, 1.165) is 18.5 Å². The molecule has 0 aromatic rings. The molecule has 0 aromatic heterocycles. The van der Waals surface area contributed by atoms with Crippen molar-refractivity contribution in [2.45, 2.75) is 26.2 Å². The van der Waals surface area contributed by atoms with Crippen LogP contribution in [0.3, 0.4) is 0 Å². The Hall–Kier alpha value is -1.03. The molecule has 0 N–H and O–H groups in total. The lowest BCUT2D eigenvalue weighted by atomic mass is 9.91. The predicted octanol–water partition coefficient (Wildman–Crippen LogP) is 2.46. The highest BCUT2D eigenvalue weighted by Crippen LogP contribution is 2.28. The van der Waals surface area contributed by atoms with E-state index in [1.807, 2.05) is 0 Å². The molecule has 56 valence electrons. The molecule has 0 aromatic carbocycles. The number of fused-ring (bicyclic) bond motifs is 1. The van der Waals surface area contributed by atoms with Crippen LogP contribution >= 0.6 is 0 Å². The van der Waals surface area contributed by atoms with Gasteiger partial charge < -0.3 is 0 Å². The number of allylic oxidation sites excluding steroid dienone is 2. The van der Waals surface area contributed by atoms with Gasteiger partial charge in [0, 0.05) is 11.6 Å². The Morgan fingerprint density at radius 2 is 2.55 bits per heavy atom. The maximum absolute atomic E-state index is 4.44. The Labute approximate surface area is 66.8 Å². The van der Waals surface area contributed by atoms with Crippen LogP contribution in [0.2, 0.25) is 0 Å². The second-order valence-corrected chi connectivity index (χ2v) is 3.18. The minimum Gasteiger partial charge on any atom is -0.253 e. The molecule has 1 aliphatic carbocycles. The Kier molecular flexibility index (Phi) is 1.54. The molecule has 0 bridgehead atoms. The number of nitrogens with zero attached hydrogens (tertiary/aromatic N) is 1. The van der Waals surface area contributed by atoms with Crippen molar-refractivity contribution in [2.24, 2.45) is 10.9 Å². The van der Waals surface area contributed by atoms with E-state index >= 15 is 0 Å². The van der Waals surface area contributed by atoms with Crippen molar-refractivity contribution in [2.75, 3.05) is 0 Å². The first-order valence-electron chi connectivity index (χ1n) is 4.10. The monoisotopic (exact) mass is 145 g/mol. The van der Waals surface area contributed by atoms with Gasteiger partial charge in [-0.3, -0.25) is 4.99 Å². The molecule has 1 heteroatoms. The van der Waals surface area contributed by atoms with Gasteiger partial charge in [-0.1, -0.05) is 5.73 Å². The zero-order valence-electron chi connectivity index (χ0n) is 6.72. The summed E-state index contributed by atoms with van der Waals surface area (Å²) in [7, 11) is 0. The van der Waals surface area contributed by atoms with Crippen LogP contribution in [-0.4, -0.2) is 5.71 Å². The summed E-state index contributed by atoms with van der Waals surface area (Å²) in [5.41, 5.74) is 8.42. The van der Waals surface area contributed by atoms with E-state index in [1.54, 1.807) is 0 Å². The molecule has 1 atom stereocenters. The summed E-state index contributed by atoms with van der Waals surface area (Å²) in [6, 6.07) is 0. The molecule has 0 amide bonds. The van der Waals surface area contributed by atoms with Crippen LogP contribution in [0.4, 0.5) is 0 Å². The van der Waals surface area contributed by atoms with Crippen LogP contribution in [0, 0.1) is 5.92 Å². The summed E-state index contributed by atoms with van der Waals surface area (Å²) in [4.78, 5) is 4.44. The second-order valence-electron chi connectivity index (χ2n) is 3.18. The number of hydrogen-bond donors (Lipinski definition) is 0. The lowest BCUT2D eigenvalue weighted by Gasteiger charge is -2.20. The summed E-state index contributed by atoms with van der Waals surface area (Å²) in [6.07, 6.45) is 5.57. The van der Waals surface area contributed by atoms with E-state index in [2.05, 4.69) is 29.5 Å². The third-order valence-electron chi connectivity index (χ3n) is 2.26. The van der Waals surface area contributed by atoms with E-state index in [9.17, 15) is 0 Å². The fraction of sp³-hybridized carbons (Fsp3) is 0.500. The molecule has 0 saturated carbocycles. The molecule has 0 saturated heterocycles. The van der Waals surface area contributed by atoms with Gasteiger partial charge >= 0.3 is 0 Å². The zero-order chi connectivity index (χ0) is 7.68. The van der Waals surface area contributed by atoms with Crippen LogP contribution in [-0.2, 0) is 0 Å². The third kappa shape index (κ3) is 1.21. The van der Waals surface area contributed by atoms with Crippen molar-refractivity contribution in [3.63, 3.8) is 0 Å². The smallest absolute Gasteiger partial charge is 0.0935 e. The molecule has 0 spiro atoms. The largest absolute Gasteiger partial charge is 0.253 e. The number of hydrogen-bond acceptors (Lipinski definition) is 1. The predicted molar refractivity (Wildman–Crippen MR) is 45.6 cm³/mol. The van der Waals surface area contributed by atoms with Gasteiger partial charge in [-0.25, -0.2) is 0 Å². The molecule has 0 radical (unpaired) electrons. The number of rotatable bonds is 0. The molecule has 2 rings (SSSR count). The topological polar surface area (TPSA) is 12.4 Å². The normalized spacial score (nSPS) is 27.5. The van der Waals surface area contributed by atoms with Gasteiger partial charge in [-0.2, -0.15) is 0 Å². The van der Waals surface area contributed by atoms with Crippen LogP contribution in [0.15, 0.2) is 28.2 Å². The van der Waals surface area contributed by atoms with Gasteiger partial charge in [-0.05, 0) is 38.0 Å². The van der Waals surface area contributed by atoms with Crippen molar-refractivity contribution >= 4 is 5.71 Å². The fourth-order valence-electron chi connectivity index (χ4n) is 1.56. The summed E-state index contributed by atoms with van der Waals surface area (Å²) in [5, 5.41) is 0. The number of aliphatic imine (C=N–C) groups is 1. The summed E-state index contributed by atoms with van der Waals surface area (Å²) in [6.45, 7) is 2.09.